The van der Waals surface area contributed by atoms with Gasteiger partial charge in [0.05, 0.1) is 30.0 Å². The Balaban J connectivity index is 1.81. The standard InChI is InChI=1S/C14H20N3OS/c1-3-4-5-6-10-18-17-12-14(15-19-17)13-8-7-9-16(2)11-13/h6-11H,3-5,12H2,1-2H3/q+1. The topological polar surface area (TPSA) is 28.7 Å². The zero-order valence-corrected chi connectivity index (χ0v) is 12.3. The lowest BCUT2D eigenvalue weighted by atomic mass is 10.2. The fraction of sp³-hybridized carbons (Fsp3) is 0.429. The molecule has 0 amide bonds. The summed E-state index contributed by atoms with van der Waals surface area (Å²) < 4.78 is 8.24. The second-order valence-electron chi connectivity index (χ2n) is 4.49. The van der Waals surface area contributed by atoms with Crippen LogP contribution < -0.4 is 4.57 Å². The van der Waals surface area contributed by atoms with E-state index in [1.807, 2.05) is 23.9 Å². The molecule has 1 aliphatic heterocycles. The highest BCUT2D eigenvalue weighted by Crippen LogP contribution is 2.22. The minimum atomic E-state index is 0.701. The molecule has 1 aromatic heterocycles. The fourth-order valence-electron chi connectivity index (χ4n) is 1.73. The zero-order chi connectivity index (χ0) is 13.5. The maximum absolute atomic E-state index is 5.53. The zero-order valence-electron chi connectivity index (χ0n) is 11.5. The van der Waals surface area contributed by atoms with Crippen LogP contribution in [0.15, 0.2) is 41.3 Å². The van der Waals surface area contributed by atoms with Crippen molar-refractivity contribution in [2.45, 2.75) is 26.2 Å². The first-order valence-corrected chi connectivity index (χ1v) is 7.31. The van der Waals surface area contributed by atoms with Gasteiger partial charge in [-0.05, 0) is 25.0 Å². The van der Waals surface area contributed by atoms with Crippen molar-refractivity contribution >= 4 is 17.8 Å². The second kappa shape index (κ2) is 7.31. The van der Waals surface area contributed by atoms with Crippen LogP contribution in [0.5, 0.6) is 0 Å². The number of pyridine rings is 1. The number of aromatic nitrogens is 1. The Kier molecular flexibility index (Phi) is 5.42. The van der Waals surface area contributed by atoms with Crippen molar-refractivity contribution < 1.29 is 9.40 Å². The van der Waals surface area contributed by atoms with Gasteiger partial charge in [-0.15, -0.1) is 0 Å². The molecule has 5 heteroatoms. The fourth-order valence-corrected chi connectivity index (χ4v) is 2.36. The molecule has 19 heavy (non-hydrogen) atoms. The molecule has 0 aliphatic carbocycles. The normalized spacial score (nSPS) is 16.0. The van der Waals surface area contributed by atoms with Crippen LogP contribution >= 0.6 is 12.1 Å². The minimum Gasteiger partial charge on any atom is -0.401 e. The highest BCUT2D eigenvalue weighted by Gasteiger charge is 2.20. The van der Waals surface area contributed by atoms with Crippen molar-refractivity contribution in [3.63, 3.8) is 0 Å². The Bertz CT molecular complexity index is 474. The first-order chi connectivity index (χ1) is 9.29. The quantitative estimate of drug-likeness (QED) is 0.347. The highest BCUT2D eigenvalue weighted by atomic mass is 32.2. The Morgan fingerprint density at radius 1 is 1.58 bits per heavy atom. The lowest BCUT2D eigenvalue weighted by Gasteiger charge is -2.09. The van der Waals surface area contributed by atoms with Gasteiger partial charge in [-0.3, -0.25) is 0 Å². The molecule has 0 saturated carbocycles. The predicted octanol–water partition coefficient (Wildman–Crippen LogP) is 2.81. The van der Waals surface area contributed by atoms with Crippen LogP contribution in [0.3, 0.4) is 0 Å². The average Bonchev–Trinajstić information content (AvgIpc) is 2.87. The largest absolute Gasteiger partial charge is 0.401 e. The van der Waals surface area contributed by atoms with Gasteiger partial charge in [0.2, 0.25) is 0 Å². The summed E-state index contributed by atoms with van der Waals surface area (Å²) in [5, 5.41) is 0. The predicted molar refractivity (Wildman–Crippen MR) is 78.2 cm³/mol. The van der Waals surface area contributed by atoms with Gasteiger partial charge in [0.1, 0.15) is 13.3 Å². The van der Waals surface area contributed by atoms with Crippen LogP contribution in [0, 0.1) is 0 Å². The Morgan fingerprint density at radius 3 is 3.26 bits per heavy atom. The maximum atomic E-state index is 5.53. The third-order valence-corrected chi connectivity index (χ3v) is 3.49. The summed E-state index contributed by atoms with van der Waals surface area (Å²) in [6.07, 6.45) is 11.4. The van der Waals surface area contributed by atoms with Crippen molar-refractivity contribution in [1.29, 1.82) is 0 Å². The maximum Gasteiger partial charge on any atom is 0.177 e. The van der Waals surface area contributed by atoms with E-state index in [0.29, 0.717) is 6.54 Å². The Labute approximate surface area is 119 Å². The van der Waals surface area contributed by atoms with E-state index < -0.39 is 0 Å². The van der Waals surface area contributed by atoms with Crippen LogP contribution in [0.2, 0.25) is 0 Å². The number of hydroxylamine groups is 1. The van der Waals surface area contributed by atoms with Gasteiger partial charge in [0.15, 0.2) is 12.4 Å². The van der Waals surface area contributed by atoms with E-state index in [1.165, 1.54) is 25.0 Å². The summed E-state index contributed by atoms with van der Waals surface area (Å²) in [6, 6.07) is 4.09. The molecule has 2 rings (SSSR count). The molecule has 1 aromatic rings. The molecule has 0 spiro atoms. The second-order valence-corrected chi connectivity index (χ2v) is 5.24. The van der Waals surface area contributed by atoms with Gasteiger partial charge < -0.3 is 4.84 Å². The summed E-state index contributed by atoms with van der Waals surface area (Å²) in [6.45, 7) is 2.89. The summed E-state index contributed by atoms with van der Waals surface area (Å²) in [5.41, 5.74) is 2.18. The molecule has 2 heterocycles. The molecule has 1 aliphatic rings. The Hall–Kier alpha value is -1.33. The molecular formula is C14H20N3OS+. The van der Waals surface area contributed by atoms with Gasteiger partial charge in [-0.1, -0.05) is 17.8 Å². The number of aryl methyl sites for hydroxylation is 1. The molecule has 0 radical (unpaired) electrons. The van der Waals surface area contributed by atoms with Gasteiger partial charge in [0.25, 0.3) is 0 Å². The van der Waals surface area contributed by atoms with Gasteiger partial charge in [-0.2, -0.15) is 4.40 Å². The molecule has 0 bridgehead atoms. The highest BCUT2D eigenvalue weighted by molar-refractivity contribution is 7.96. The lowest BCUT2D eigenvalue weighted by molar-refractivity contribution is -0.671. The van der Waals surface area contributed by atoms with Crippen LogP contribution in [-0.4, -0.2) is 16.7 Å². The van der Waals surface area contributed by atoms with E-state index >= 15 is 0 Å². The number of hydrogen-bond acceptors (Lipinski definition) is 4. The smallest absolute Gasteiger partial charge is 0.177 e. The van der Waals surface area contributed by atoms with Crippen LogP contribution in [-0.2, 0) is 11.9 Å². The summed E-state index contributed by atoms with van der Waals surface area (Å²) in [7, 11) is 2.01. The lowest BCUT2D eigenvalue weighted by Crippen LogP contribution is -2.28. The first-order valence-electron chi connectivity index (χ1n) is 6.58. The van der Waals surface area contributed by atoms with Crippen LogP contribution in [0.25, 0.3) is 0 Å². The third kappa shape index (κ3) is 4.36. The van der Waals surface area contributed by atoms with Gasteiger partial charge >= 0.3 is 0 Å². The molecular weight excluding hydrogens is 258 g/mol. The number of nitrogens with zero attached hydrogens (tertiary/aromatic N) is 3. The minimum absolute atomic E-state index is 0.701. The molecule has 0 saturated heterocycles. The molecule has 0 unspecified atom stereocenters. The van der Waals surface area contributed by atoms with E-state index in [9.17, 15) is 0 Å². The monoisotopic (exact) mass is 278 g/mol. The number of rotatable bonds is 6. The average molecular weight is 278 g/mol. The third-order valence-electron chi connectivity index (χ3n) is 2.79. The van der Waals surface area contributed by atoms with E-state index in [4.69, 9.17) is 4.84 Å². The molecule has 0 aromatic carbocycles. The van der Waals surface area contributed by atoms with Crippen molar-refractivity contribution in [2.24, 2.45) is 11.4 Å². The van der Waals surface area contributed by atoms with Gasteiger partial charge in [-0.25, -0.2) is 4.57 Å². The SMILES string of the molecule is CCCCC=CON1CC(c2ccc[n+](C)c2)=NS1. The molecule has 0 atom stereocenters. The first kappa shape index (κ1) is 14.1. The van der Waals surface area contributed by atoms with E-state index in [0.717, 1.165) is 17.7 Å². The Morgan fingerprint density at radius 2 is 2.47 bits per heavy atom. The molecule has 102 valence electrons. The number of hydrogen-bond donors (Lipinski definition) is 0. The van der Waals surface area contributed by atoms with Crippen LogP contribution in [0.1, 0.15) is 31.7 Å². The van der Waals surface area contributed by atoms with Gasteiger partial charge in [0, 0.05) is 6.07 Å². The number of unbranched alkanes of at least 4 members (excludes halogenated alkanes) is 2. The number of allylic oxidation sites excluding steroid dienone is 1. The molecule has 4 nitrogen and oxygen atoms in total. The van der Waals surface area contributed by atoms with Crippen molar-refractivity contribution in [3.8, 4) is 0 Å². The summed E-state index contributed by atoms with van der Waals surface area (Å²) in [5.74, 6) is 0. The molecule has 0 fully saturated rings. The van der Waals surface area contributed by atoms with Crippen molar-refractivity contribution in [2.75, 3.05) is 6.54 Å². The van der Waals surface area contributed by atoms with E-state index in [2.05, 4.69) is 29.7 Å². The van der Waals surface area contributed by atoms with E-state index in [-0.39, 0.29) is 0 Å². The van der Waals surface area contributed by atoms with Crippen molar-refractivity contribution in [1.82, 2.24) is 4.47 Å². The van der Waals surface area contributed by atoms with Crippen LogP contribution in [0.4, 0.5) is 0 Å². The summed E-state index contributed by atoms with van der Waals surface area (Å²) >= 11 is 1.35. The van der Waals surface area contributed by atoms with E-state index in [1.54, 1.807) is 10.7 Å². The molecule has 0 N–H and O–H groups in total. The van der Waals surface area contributed by atoms with Crippen molar-refractivity contribution in [3.05, 3.63) is 42.4 Å². The summed E-state index contributed by atoms with van der Waals surface area (Å²) in [4.78, 5) is 5.53.